The Morgan fingerprint density at radius 2 is 1.81 bits per heavy atom. The Balaban J connectivity index is 1.48. The second-order valence-electron chi connectivity index (χ2n) is 6.47. The van der Waals surface area contributed by atoms with Crippen LogP contribution in [-0.4, -0.2) is 29.8 Å². The molecule has 0 aliphatic carbocycles. The number of benzene rings is 3. The largest absolute Gasteiger partial charge is 0.497 e. The highest BCUT2D eigenvalue weighted by Crippen LogP contribution is 2.32. The number of hydrogen-bond acceptors (Lipinski definition) is 6. The van der Waals surface area contributed by atoms with Crippen LogP contribution in [0.1, 0.15) is 0 Å². The number of amides is 1. The van der Waals surface area contributed by atoms with Gasteiger partial charge in [-0.25, -0.2) is 0 Å². The molecule has 1 N–H and O–H groups in total. The molecular weight excluding hydrogens is 418 g/mol. The maximum atomic E-state index is 12.3. The van der Waals surface area contributed by atoms with Crippen LogP contribution in [0.3, 0.4) is 0 Å². The van der Waals surface area contributed by atoms with Crippen LogP contribution in [0.15, 0.2) is 77.3 Å². The number of halogens is 1. The van der Waals surface area contributed by atoms with E-state index in [4.69, 9.17) is 25.6 Å². The van der Waals surface area contributed by atoms with Gasteiger partial charge < -0.3 is 19.3 Å². The van der Waals surface area contributed by atoms with Gasteiger partial charge in [-0.05, 0) is 36.4 Å². The van der Waals surface area contributed by atoms with Crippen LogP contribution in [0.4, 0.5) is 5.69 Å². The van der Waals surface area contributed by atoms with E-state index in [0.29, 0.717) is 39.2 Å². The lowest BCUT2D eigenvalue weighted by molar-refractivity contribution is -0.118. The molecule has 0 saturated heterocycles. The van der Waals surface area contributed by atoms with Crippen molar-refractivity contribution in [3.63, 3.8) is 0 Å². The van der Waals surface area contributed by atoms with E-state index in [-0.39, 0.29) is 18.4 Å². The van der Waals surface area contributed by atoms with Crippen molar-refractivity contribution in [1.29, 1.82) is 0 Å². The molecule has 0 radical (unpaired) electrons. The standard InChI is InChI=1S/C23H18ClN3O4/c1-29-16-8-6-7-15(13-16)25-21(28)14-30-20-12-5-3-10-18(20)23-26-22(27-31-23)17-9-2-4-11-19(17)24/h2-13H,14H2,1H3,(H,25,28). The molecule has 3 aromatic carbocycles. The average Bonchev–Trinajstić information content (AvgIpc) is 3.28. The van der Waals surface area contributed by atoms with Crippen molar-refractivity contribution in [3.05, 3.63) is 77.8 Å². The maximum absolute atomic E-state index is 12.3. The van der Waals surface area contributed by atoms with E-state index in [0.717, 1.165) is 0 Å². The van der Waals surface area contributed by atoms with E-state index in [1.54, 1.807) is 55.6 Å². The highest BCUT2D eigenvalue weighted by Gasteiger charge is 2.17. The van der Waals surface area contributed by atoms with Crippen molar-refractivity contribution in [3.8, 4) is 34.3 Å². The van der Waals surface area contributed by atoms with Crippen LogP contribution >= 0.6 is 11.6 Å². The second-order valence-corrected chi connectivity index (χ2v) is 6.88. The van der Waals surface area contributed by atoms with Crippen LogP contribution in [-0.2, 0) is 4.79 Å². The van der Waals surface area contributed by atoms with Crippen LogP contribution in [0.2, 0.25) is 5.02 Å². The molecule has 0 unspecified atom stereocenters. The molecule has 0 aliphatic heterocycles. The predicted molar refractivity (Wildman–Crippen MR) is 117 cm³/mol. The van der Waals surface area contributed by atoms with E-state index < -0.39 is 0 Å². The summed E-state index contributed by atoms with van der Waals surface area (Å²) in [6, 6.07) is 21.4. The molecule has 0 saturated carbocycles. The Kier molecular flexibility index (Phi) is 6.14. The van der Waals surface area contributed by atoms with Gasteiger partial charge >= 0.3 is 0 Å². The van der Waals surface area contributed by atoms with Gasteiger partial charge in [0.05, 0.1) is 17.7 Å². The van der Waals surface area contributed by atoms with E-state index in [9.17, 15) is 4.79 Å². The van der Waals surface area contributed by atoms with Crippen LogP contribution < -0.4 is 14.8 Å². The van der Waals surface area contributed by atoms with Crippen molar-refractivity contribution in [2.24, 2.45) is 0 Å². The first-order valence-electron chi connectivity index (χ1n) is 9.39. The average molecular weight is 436 g/mol. The van der Waals surface area contributed by atoms with Gasteiger partial charge in [0.25, 0.3) is 11.8 Å². The maximum Gasteiger partial charge on any atom is 0.262 e. The third kappa shape index (κ3) is 4.84. The Morgan fingerprint density at radius 3 is 2.61 bits per heavy atom. The minimum Gasteiger partial charge on any atom is -0.497 e. The number of hydrogen-bond donors (Lipinski definition) is 1. The van der Waals surface area contributed by atoms with Crippen molar-refractivity contribution in [2.45, 2.75) is 0 Å². The fourth-order valence-corrected chi connectivity index (χ4v) is 3.12. The van der Waals surface area contributed by atoms with E-state index in [1.165, 1.54) is 0 Å². The van der Waals surface area contributed by atoms with Gasteiger partial charge in [-0.15, -0.1) is 0 Å². The fraction of sp³-hybridized carbons (Fsp3) is 0.0870. The second kappa shape index (κ2) is 9.32. The zero-order valence-electron chi connectivity index (χ0n) is 16.5. The molecule has 0 atom stereocenters. The van der Waals surface area contributed by atoms with Gasteiger partial charge in [0.2, 0.25) is 5.82 Å². The lowest BCUT2D eigenvalue weighted by atomic mass is 10.2. The number of para-hydroxylation sites is 1. The predicted octanol–water partition coefficient (Wildman–Crippen LogP) is 5.08. The minimum absolute atomic E-state index is 0.195. The Hall–Kier alpha value is -3.84. The molecule has 8 heteroatoms. The number of rotatable bonds is 7. The molecule has 1 heterocycles. The molecule has 1 amide bonds. The lowest BCUT2D eigenvalue weighted by Crippen LogP contribution is -2.20. The summed E-state index contributed by atoms with van der Waals surface area (Å²) in [4.78, 5) is 16.7. The highest BCUT2D eigenvalue weighted by atomic mass is 35.5. The van der Waals surface area contributed by atoms with Crippen molar-refractivity contribution in [2.75, 3.05) is 19.0 Å². The summed E-state index contributed by atoms with van der Waals surface area (Å²) >= 11 is 6.22. The summed E-state index contributed by atoms with van der Waals surface area (Å²) in [6.45, 7) is -0.195. The number of nitrogens with zero attached hydrogens (tertiary/aromatic N) is 2. The van der Waals surface area contributed by atoms with Gasteiger partial charge in [0.15, 0.2) is 6.61 Å². The molecule has 156 valence electrons. The number of carbonyl (C=O) groups excluding carboxylic acids is 1. The SMILES string of the molecule is COc1cccc(NC(=O)COc2ccccc2-c2nc(-c3ccccc3Cl)no2)c1. The van der Waals surface area contributed by atoms with Gasteiger partial charge in [-0.1, -0.05) is 47.1 Å². The highest BCUT2D eigenvalue weighted by molar-refractivity contribution is 6.33. The first kappa shape index (κ1) is 20.4. The Morgan fingerprint density at radius 1 is 1.03 bits per heavy atom. The van der Waals surface area contributed by atoms with Crippen LogP contribution in [0.25, 0.3) is 22.8 Å². The summed E-state index contributed by atoms with van der Waals surface area (Å²) in [7, 11) is 1.57. The normalized spacial score (nSPS) is 10.5. The third-order valence-corrected chi connectivity index (χ3v) is 4.70. The number of aromatic nitrogens is 2. The van der Waals surface area contributed by atoms with Gasteiger partial charge in [0.1, 0.15) is 11.5 Å². The molecule has 0 spiro atoms. The Bertz CT molecular complexity index is 1210. The van der Waals surface area contributed by atoms with Gasteiger partial charge in [0, 0.05) is 17.3 Å². The van der Waals surface area contributed by atoms with Crippen molar-refractivity contribution in [1.82, 2.24) is 10.1 Å². The van der Waals surface area contributed by atoms with Gasteiger partial charge in [-0.2, -0.15) is 4.98 Å². The lowest BCUT2D eigenvalue weighted by Gasteiger charge is -2.10. The summed E-state index contributed by atoms with van der Waals surface area (Å²) in [6.07, 6.45) is 0. The summed E-state index contributed by atoms with van der Waals surface area (Å²) < 4.78 is 16.3. The summed E-state index contributed by atoms with van der Waals surface area (Å²) in [5.74, 6) is 1.41. The molecule has 4 rings (SSSR count). The molecule has 0 bridgehead atoms. The number of carbonyl (C=O) groups is 1. The van der Waals surface area contributed by atoms with Crippen molar-refractivity contribution < 1.29 is 18.8 Å². The molecular formula is C23H18ClN3O4. The topological polar surface area (TPSA) is 86.5 Å². The number of methoxy groups -OCH3 is 1. The number of anilines is 1. The first-order chi connectivity index (χ1) is 15.1. The van der Waals surface area contributed by atoms with E-state index in [1.807, 2.05) is 24.3 Å². The monoisotopic (exact) mass is 435 g/mol. The minimum atomic E-state index is -0.314. The molecule has 1 aromatic heterocycles. The molecule has 31 heavy (non-hydrogen) atoms. The fourth-order valence-electron chi connectivity index (χ4n) is 2.90. The smallest absolute Gasteiger partial charge is 0.262 e. The number of nitrogens with one attached hydrogen (secondary N) is 1. The van der Waals surface area contributed by atoms with Crippen molar-refractivity contribution >= 4 is 23.2 Å². The van der Waals surface area contributed by atoms with Gasteiger partial charge in [-0.3, -0.25) is 4.79 Å². The van der Waals surface area contributed by atoms with E-state index >= 15 is 0 Å². The first-order valence-corrected chi connectivity index (χ1v) is 9.76. The zero-order chi connectivity index (χ0) is 21.6. The molecule has 0 aliphatic rings. The summed E-state index contributed by atoms with van der Waals surface area (Å²) in [5, 5.41) is 7.30. The third-order valence-electron chi connectivity index (χ3n) is 4.37. The Labute approximate surface area is 183 Å². The zero-order valence-corrected chi connectivity index (χ0v) is 17.3. The molecule has 4 aromatic rings. The molecule has 7 nitrogen and oxygen atoms in total. The summed E-state index contributed by atoms with van der Waals surface area (Å²) in [5.41, 5.74) is 1.85. The number of ether oxygens (including phenoxy) is 2. The van der Waals surface area contributed by atoms with Crippen LogP contribution in [0.5, 0.6) is 11.5 Å². The van der Waals surface area contributed by atoms with E-state index in [2.05, 4.69) is 15.5 Å². The molecule has 0 fully saturated rings. The quantitative estimate of drug-likeness (QED) is 0.435. The van der Waals surface area contributed by atoms with Crippen LogP contribution in [0, 0.1) is 0 Å².